The molecule has 1 saturated carbocycles. The molecule has 2 atom stereocenters. The molecule has 1 fully saturated rings. The molecule has 0 spiro atoms. The van der Waals surface area contributed by atoms with E-state index in [9.17, 15) is 5.11 Å². The zero-order valence-corrected chi connectivity index (χ0v) is 6.88. The van der Waals surface area contributed by atoms with E-state index in [-0.39, 0.29) is 6.10 Å². The number of rotatable bonds is 2. The second-order valence-electron chi connectivity index (χ2n) is 3.19. The van der Waals surface area contributed by atoms with Gasteiger partial charge in [-0.2, -0.15) is 0 Å². The van der Waals surface area contributed by atoms with Gasteiger partial charge in [0, 0.05) is 6.04 Å². The van der Waals surface area contributed by atoms with Crippen molar-refractivity contribution in [1.29, 1.82) is 0 Å². The molecule has 0 aliphatic heterocycles. The van der Waals surface area contributed by atoms with Crippen molar-refractivity contribution in [3.8, 4) is 0 Å². The normalized spacial score (nSPS) is 33.6. The van der Waals surface area contributed by atoms with Gasteiger partial charge in [0.25, 0.3) is 0 Å². The lowest BCUT2D eigenvalue weighted by atomic mass is 10.2. The van der Waals surface area contributed by atoms with E-state index in [0.29, 0.717) is 6.04 Å². The van der Waals surface area contributed by atoms with Crippen LogP contribution in [0.15, 0.2) is 0 Å². The van der Waals surface area contributed by atoms with Gasteiger partial charge >= 0.3 is 0 Å². The molecule has 2 heteroatoms. The molecule has 1 rings (SSSR count). The van der Waals surface area contributed by atoms with Gasteiger partial charge in [0.05, 0.1) is 6.10 Å². The molecule has 10 heavy (non-hydrogen) atoms. The summed E-state index contributed by atoms with van der Waals surface area (Å²) >= 11 is 0. The zero-order chi connectivity index (χ0) is 7.56. The fraction of sp³-hybridized carbons (Fsp3) is 1.00. The third kappa shape index (κ3) is 1.70. The van der Waals surface area contributed by atoms with Crippen molar-refractivity contribution >= 4 is 0 Å². The molecule has 0 bridgehead atoms. The van der Waals surface area contributed by atoms with Gasteiger partial charge in [-0.25, -0.2) is 0 Å². The summed E-state index contributed by atoms with van der Waals surface area (Å²) in [6, 6.07) is 0.639. The van der Waals surface area contributed by atoms with Crippen molar-refractivity contribution in [1.82, 2.24) is 4.90 Å². The van der Waals surface area contributed by atoms with E-state index >= 15 is 0 Å². The first-order chi connectivity index (χ1) is 4.74. The van der Waals surface area contributed by atoms with Gasteiger partial charge in [0.2, 0.25) is 0 Å². The van der Waals surface area contributed by atoms with Crippen molar-refractivity contribution in [3.05, 3.63) is 0 Å². The van der Waals surface area contributed by atoms with Crippen LogP contribution < -0.4 is 0 Å². The van der Waals surface area contributed by atoms with Gasteiger partial charge in [-0.05, 0) is 32.9 Å². The zero-order valence-electron chi connectivity index (χ0n) is 6.88. The molecule has 2 nitrogen and oxygen atoms in total. The van der Waals surface area contributed by atoms with Crippen LogP contribution in [0, 0.1) is 0 Å². The minimum absolute atomic E-state index is 0.0287. The number of hydrogen-bond acceptors (Lipinski definition) is 2. The van der Waals surface area contributed by atoms with Crippen LogP contribution in [-0.4, -0.2) is 35.7 Å². The summed E-state index contributed by atoms with van der Waals surface area (Å²) in [5, 5.41) is 9.22. The van der Waals surface area contributed by atoms with Gasteiger partial charge in [0.1, 0.15) is 0 Å². The van der Waals surface area contributed by atoms with Crippen LogP contribution in [0.1, 0.15) is 26.2 Å². The van der Waals surface area contributed by atoms with E-state index in [2.05, 4.69) is 18.9 Å². The standard InChI is InChI=1S/C8H17NO/c1-3-9(2)7-4-5-8(10)6-7/h7-8,10H,3-6H2,1-2H3. The Hall–Kier alpha value is -0.0800. The molecule has 1 aliphatic carbocycles. The Bertz CT molecular complexity index is 105. The van der Waals surface area contributed by atoms with E-state index in [1.165, 1.54) is 6.42 Å². The van der Waals surface area contributed by atoms with Crippen LogP contribution in [0.3, 0.4) is 0 Å². The van der Waals surface area contributed by atoms with Crippen LogP contribution in [-0.2, 0) is 0 Å². The van der Waals surface area contributed by atoms with Crippen molar-refractivity contribution < 1.29 is 5.11 Å². The SMILES string of the molecule is CCN(C)C1CCC(O)C1. The fourth-order valence-electron chi connectivity index (χ4n) is 1.59. The topological polar surface area (TPSA) is 23.5 Å². The van der Waals surface area contributed by atoms with E-state index < -0.39 is 0 Å². The van der Waals surface area contributed by atoms with Crippen molar-refractivity contribution in [2.45, 2.75) is 38.3 Å². The van der Waals surface area contributed by atoms with Gasteiger partial charge in [-0.3, -0.25) is 0 Å². The summed E-state index contributed by atoms with van der Waals surface area (Å²) in [6.07, 6.45) is 3.12. The van der Waals surface area contributed by atoms with Crippen LogP contribution in [0.5, 0.6) is 0 Å². The predicted molar refractivity (Wildman–Crippen MR) is 41.9 cm³/mol. The Morgan fingerprint density at radius 2 is 2.20 bits per heavy atom. The van der Waals surface area contributed by atoms with Crippen LogP contribution in [0.4, 0.5) is 0 Å². The number of aliphatic hydroxyl groups is 1. The minimum Gasteiger partial charge on any atom is -0.393 e. The minimum atomic E-state index is -0.0287. The highest BCUT2D eigenvalue weighted by Gasteiger charge is 2.24. The van der Waals surface area contributed by atoms with Crippen LogP contribution in [0.2, 0.25) is 0 Å². The predicted octanol–water partition coefficient (Wildman–Crippen LogP) is 0.851. The molecule has 0 heterocycles. The number of hydrogen-bond donors (Lipinski definition) is 1. The molecule has 0 aromatic carbocycles. The maximum Gasteiger partial charge on any atom is 0.0555 e. The largest absolute Gasteiger partial charge is 0.393 e. The quantitative estimate of drug-likeness (QED) is 0.619. The molecule has 0 amide bonds. The van der Waals surface area contributed by atoms with E-state index in [1.54, 1.807) is 0 Å². The Morgan fingerprint density at radius 3 is 2.60 bits per heavy atom. The third-order valence-electron chi connectivity index (χ3n) is 2.50. The molecule has 2 unspecified atom stereocenters. The molecule has 1 N–H and O–H groups in total. The molecule has 0 radical (unpaired) electrons. The van der Waals surface area contributed by atoms with E-state index in [0.717, 1.165) is 19.4 Å². The average Bonchev–Trinajstić information content (AvgIpc) is 2.34. The van der Waals surface area contributed by atoms with Crippen molar-refractivity contribution in [3.63, 3.8) is 0 Å². The first kappa shape index (κ1) is 8.02. The van der Waals surface area contributed by atoms with Gasteiger partial charge in [-0.15, -0.1) is 0 Å². The molecule has 0 aromatic rings. The molecule has 1 aliphatic rings. The van der Waals surface area contributed by atoms with E-state index in [4.69, 9.17) is 0 Å². The highest BCUT2D eigenvalue weighted by Crippen LogP contribution is 2.22. The first-order valence-corrected chi connectivity index (χ1v) is 4.12. The van der Waals surface area contributed by atoms with Gasteiger partial charge < -0.3 is 10.0 Å². The van der Waals surface area contributed by atoms with Gasteiger partial charge in [0.15, 0.2) is 0 Å². The van der Waals surface area contributed by atoms with Crippen molar-refractivity contribution in [2.24, 2.45) is 0 Å². The Labute approximate surface area is 62.8 Å². The second-order valence-corrected chi connectivity index (χ2v) is 3.19. The monoisotopic (exact) mass is 143 g/mol. The Morgan fingerprint density at radius 1 is 1.50 bits per heavy atom. The average molecular weight is 143 g/mol. The molecular weight excluding hydrogens is 126 g/mol. The smallest absolute Gasteiger partial charge is 0.0555 e. The van der Waals surface area contributed by atoms with Crippen molar-refractivity contribution in [2.75, 3.05) is 13.6 Å². The van der Waals surface area contributed by atoms with Gasteiger partial charge in [-0.1, -0.05) is 6.92 Å². The lowest BCUT2D eigenvalue weighted by molar-refractivity contribution is 0.165. The summed E-state index contributed by atoms with van der Waals surface area (Å²) < 4.78 is 0. The first-order valence-electron chi connectivity index (χ1n) is 4.12. The van der Waals surface area contributed by atoms with Crippen LogP contribution in [0.25, 0.3) is 0 Å². The lowest BCUT2D eigenvalue weighted by Crippen LogP contribution is -2.29. The number of nitrogens with zero attached hydrogens (tertiary/aromatic N) is 1. The summed E-state index contributed by atoms with van der Waals surface area (Å²) in [4.78, 5) is 2.32. The Kier molecular flexibility index (Phi) is 2.69. The maximum atomic E-state index is 9.22. The molecule has 0 saturated heterocycles. The summed E-state index contributed by atoms with van der Waals surface area (Å²) in [5.74, 6) is 0. The third-order valence-corrected chi connectivity index (χ3v) is 2.50. The highest BCUT2D eigenvalue weighted by molar-refractivity contribution is 4.80. The second kappa shape index (κ2) is 3.35. The van der Waals surface area contributed by atoms with Crippen LogP contribution >= 0.6 is 0 Å². The summed E-state index contributed by atoms with van der Waals surface area (Å²) in [6.45, 7) is 3.25. The highest BCUT2D eigenvalue weighted by atomic mass is 16.3. The fourth-order valence-corrected chi connectivity index (χ4v) is 1.59. The number of aliphatic hydroxyl groups excluding tert-OH is 1. The molecular formula is C8H17NO. The molecule has 0 aromatic heterocycles. The lowest BCUT2D eigenvalue weighted by Gasteiger charge is -2.21. The van der Waals surface area contributed by atoms with E-state index in [1.807, 2.05) is 0 Å². The Balaban J connectivity index is 2.29. The maximum absolute atomic E-state index is 9.22. The molecule has 60 valence electrons. The summed E-state index contributed by atoms with van der Waals surface area (Å²) in [5.41, 5.74) is 0. The summed E-state index contributed by atoms with van der Waals surface area (Å²) in [7, 11) is 2.13.